The normalized spacial score (nSPS) is 16.2. The molecule has 1 unspecified atom stereocenters. The molecular weight excluding hydrogens is 417 g/mol. The quantitative estimate of drug-likeness (QED) is 0.633. The number of nitrogens with one attached hydrogen (secondary N) is 1. The van der Waals surface area contributed by atoms with Gasteiger partial charge in [-0.15, -0.1) is 0 Å². The lowest BCUT2D eigenvalue weighted by Crippen LogP contribution is -2.28. The van der Waals surface area contributed by atoms with E-state index in [-0.39, 0.29) is 17.2 Å². The van der Waals surface area contributed by atoms with Gasteiger partial charge < -0.3 is 14.6 Å². The van der Waals surface area contributed by atoms with Crippen molar-refractivity contribution in [3.63, 3.8) is 0 Å². The Kier molecular flexibility index (Phi) is 5.04. The number of hydrogen-bond acceptors (Lipinski definition) is 7. The van der Waals surface area contributed by atoms with Crippen molar-refractivity contribution in [2.24, 2.45) is 7.05 Å². The summed E-state index contributed by atoms with van der Waals surface area (Å²) in [5.41, 5.74) is -0.319. The summed E-state index contributed by atoms with van der Waals surface area (Å²) >= 11 is 0. The van der Waals surface area contributed by atoms with E-state index in [0.29, 0.717) is 17.5 Å². The van der Waals surface area contributed by atoms with Gasteiger partial charge in [0.1, 0.15) is 17.3 Å². The summed E-state index contributed by atoms with van der Waals surface area (Å²) in [6.07, 6.45) is -1.25. The number of pyridine rings is 1. The van der Waals surface area contributed by atoms with Crippen LogP contribution in [0.1, 0.15) is 53.6 Å². The van der Waals surface area contributed by atoms with Crippen LogP contribution in [0.15, 0.2) is 28.9 Å². The third kappa shape index (κ3) is 4.02. The Balaban J connectivity index is 1.49. The zero-order valence-corrected chi connectivity index (χ0v) is 16.9. The molecule has 1 saturated carbocycles. The molecule has 3 aromatic heterocycles. The van der Waals surface area contributed by atoms with Crippen LogP contribution >= 0.6 is 0 Å². The van der Waals surface area contributed by atoms with Crippen LogP contribution in [0, 0.1) is 0 Å². The van der Waals surface area contributed by atoms with Crippen molar-refractivity contribution in [2.75, 3.05) is 7.11 Å². The number of carbonyl (C=O) groups excluding carboxylic acids is 1. The predicted octanol–water partition coefficient (Wildman–Crippen LogP) is 3.01. The number of nitrogens with zero attached hydrogens (tertiary/aromatic N) is 5. The van der Waals surface area contributed by atoms with E-state index >= 15 is 0 Å². The molecular formula is C19H19F3N6O3. The van der Waals surface area contributed by atoms with Gasteiger partial charge in [0.05, 0.1) is 5.69 Å². The molecule has 3 heterocycles. The standard InChI is InChI=1S/C19H19F3N6O3/c1-10(24-16(29)12-9-14(19(20,21)22)26-28(12)2)17-25-15(27-31-17)11-4-7-23-13(8-11)18(30-3)5-6-18/h4,7-10H,5-6H2,1-3H3,(H,24,29). The summed E-state index contributed by atoms with van der Waals surface area (Å²) in [6.45, 7) is 1.58. The van der Waals surface area contributed by atoms with E-state index in [9.17, 15) is 18.0 Å². The number of ether oxygens (including phenoxy) is 1. The minimum atomic E-state index is -4.64. The van der Waals surface area contributed by atoms with Gasteiger partial charge in [-0.1, -0.05) is 5.16 Å². The molecule has 3 aromatic rings. The molecule has 1 N–H and O–H groups in total. The number of halogens is 3. The highest BCUT2D eigenvalue weighted by molar-refractivity contribution is 5.92. The largest absolute Gasteiger partial charge is 0.435 e. The van der Waals surface area contributed by atoms with Crippen molar-refractivity contribution in [3.8, 4) is 11.4 Å². The van der Waals surface area contributed by atoms with Crippen molar-refractivity contribution in [3.05, 3.63) is 47.4 Å². The lowest BCUT2D eigenvalue weighted by Gasteiger charge is -2.12. The maximum atomic E-state index is 12.8. The van der Waals surface area contributed by atoms with Crippen molar-refractivity contribution in [1.29, 1.82) is 0 Å². The Bertz CT molecular complexity index is 1120. The molecule has 0 saturated heterocycles. The molecule has 12 heteroatoms. The van der Waals surface area contributed by atoms with E-state index < -0.39 is 23.8 Å². The molecule has 4 rings (SSSR count). The zero-order valence-electron chi connectivity index (χ0n) is 16.9. The van der Waals surface area contributed by atoms with Crippen molar-refractivity contribution in [2.45, 2.75) is 37.6 Å². The molecule has 0 aliphatic heterocycles. The van der Waals surface area contributed by atoms with E-state index in [2.05, 4.69) is 25.5 Å². The SMILES string of the molecule is COC1(c2cc(-c3noc(C(C)NC(=O)c4cc(C(F)(F)F)nn4C)n3)ccn2)CC1. The van der Waals surface area contributed by atoms with Gasteiger partial charge in [0.25, 0.3) is 5.91 Å². The second-order valence-electron chi connectivity index (χ2n) is 7.32. The Morgan fingerprint density at radius 3 is 2.71 bits per heavy atom. The summed E-state index contributed by atoms with van der Waals surface area (Å²) in [5.74, 6) is -0.348. The Morgan fingerprint density at radius 2 is 2.10 bits per heavy atom. The average Bonchev–Trinajstić information content (AvgIpc) is 3.17. The number of methoxy groups -OCH3 is 1. The Hall–Kier alpha value is -3.28. The third-order valence-electron chi connectivity index (χ3n) is 5.14. The second-order valence-corrected chi connectivity index (χ2v) is 7.32. The highest BCUT2D eigenvalue weighted by atomic mass is 19.4. The van der Waals surface area contributed by atoms with Crippen LogP contribution in [0.25, 0.3) is 11.4 Å². The highest BCUT2D eigenvalue weighted by Crippen LogP contribution is 2.48. The van der Waals surface area contributed by atoms with E-state index in [1.54, 1.807) is 26.3 Å². The first-order chi connectivity index (χ1) is 14.6. The molecule has 0 radical (unpaired) electrons. The number of carbonyl (C=O) groups is 1. The monoisotopic (exact) mass is 436 g/mol. The molecule has 31 heavy (non-hydrogen) atoms. The van der Waals surface area contributed by atoms with Gasteiger partial charge in [-0.05, 0) is 31.9 Å². The summed E-state index contributed by atoms with van der Waals surface area (Å²) < 4.78 is 50.1. The molecule has 1 atom stereocenters. The van der Waals surface area contributed by atoms with Crippen LogP contribution in [0.5, 0.6) is 0 Å². The minimum Gasteiger partial charge on any atom is -0.372 e. The molecule has 0 spiro atoms. The lowest BCUT2D eigenvalue weighted by atomic mass is 10.1. The predicted molar refractivity (Wildman–Crippen MR) is 99.5 cm³/mol. The maximum Gasteiger partial charge on any atom is 0.435 e. The topological polar surface area (TPSA) is 108 Å². The minimum absolute atomic E-state index is 0.104. The first-order valence-electron chi connectivity index (χ1n) is 9.41. The summed E-state index contributed by atoms with van der Waals surface area (Å²) in [7, 11) is 2.89. The third-order valence-corrected chi connectivity index (χ3v) is 5.14. The van der Waals surface area contributed by atoms with Crippen molar-refractivity contribution in [1.82, 2.24) is 30.2 Å². The fourth-order valence-corrected chi connectivity index (χ4v) is 3.18. The molecule has 164 valence electrons. The van der Waals surface area contributed by atoms with E-state index in [4.69, 9.17) is 9.26 Å². The van der Waals surface area contributed by atoms with Crippen LogP contribution in [-0.4, -0.2) is 37.9 Å². The Morgan fingerprint density at radius 1 is 1.35 bits per heavy atom. The highest BCUT2D eigenvalue weighted by Gasteiger charge is 2.46. The van der Waals surface area contributed by atoms with Gasteiger partial charge in [0, 0.05) is 32.0 Å². The van der Waals surface area contributed by atoms with Crippen molar-refractivity contribution >= 4 is 5.91 Å². The van der Waals surface area contributed by atoms with Gasteiger partial charge >= 0.3 is 6.18 Å². The maximum absolute atomic E-state index is 12.8. The Labute approximate surface area is 174 Å². The molecule has 9 nitrogen and oxygen atoms in total. The van der Waals surface area contributed by atoms with E-state index in [1.807, 2.05) is 6.07 Å². The van der Waals surface area contributed by atoms with Crippen LogP contribution in [0.4, 0.5) is 13.2 Å². The summed E-state index contributed by atoms with van der Waals surface area (Å²) in [6, 6.07) is 3.49. The fourth-order valence-electron chi connectivity index (χ4n) is 3.18. The van der Waals surface area contributed by atoms with Crippen LogP contribution in [0.2, 0.25) is 0 Å². The summed E-state index contributed by atoms with van der Waals surface area (Å²) in [4.78, 5) is 21.1. The number of amides is 1. The molecule has 0 aromatic carbocycles. The van der Waals surface area contributed by atoms with Crippen molar-refractivity contribution < 1.29 is 27.2 Å². The fraction of sp³-hybridized carbons (Fsp3) is 0.421. The number of aromatic nitrogens is 5. The smallest absolute Gasteiger partial charge is 0.372 e. The first kappa shape index (κ1) is 21.0. The lowest BCUT2D eigenvalue weighted by molar-refractivity contribution is -0.141. The number of aryl methyl sites for hydroxylation is 1. The number of rotatable bonds is 6. The first-order valence-corrected chi connectivity index (χ1v) is 9.41. The second kappa shape index (κ2) is 7.45. The van der Waals surface area contributed by atoms with Gasteiger partial charge in [-0.2, -0.15) is 23.3 Å². The molecule has 1 aliphatic carbocycles. The zero-order chi connectivity index (χ0) is 22.4. The van der Waals surface area contributed by atoms with E-state index in [0.717, 1.165) is 23.2 Å². The van der Waals surface area contributed by atoms with Gasteiger partial charge in [-0.3, -0.25) is 14.5 Å². The average molecular weight is 436 g/mol. The van der Waals surface area contributed by atoms with Gasteiger partial charge in [0.2, 0.25) is 11.7 Å². The number of hydrogen-bond donors (Lipinski definition) is 1. The molecule has 1 fully saturated rings. The van der Waals surface area contributed by atoms with Gasteiger partial charge in [0.15, 0.2) is 5.69 Å². The molecule has 1 amide bonds. The molecule has 1 aliphatic rings. The van der Waals surface area contributed by atoms with Crippen LogP contribution in [-0.2, 0) is 23.6 Å². The number of alkyl halides is 3. The van der Waals surface area contributed by atoms with E-state index in [1.165, 1.54) is 7.05 Å². The van der Waals surface area contributed by atoms with Crippen LogP contribution < -0.4 is 5.32 Å². The molecule has 0 bridgehead atoms. The summed E-state index contributed by atoms with van der Waals surface area (Å²) in [5, 5.41) is 9.81. The van der Waals surface area contributed by atoms with Crippen LogP contribution in [0.3, 0.4) is 0 Å². The van der Waals surface area contributed by atoms with Gasteiger partial charge in [-0.25, -0.2) is 0 Å².